The Bertz CT molecular complexity index is 709. The number of piperidine rings is 1. The van der Waals surface area contributed by atoms with Gasteiger partial charge in [0.1, 0.15) is 5.69 Å². The first kappa shape index (κ1) is 16.5. The van der Waals surface area contributed by atoms with Crippen LogP contribution in [0.4, 0.5) is 5.13 Å². The van der Waals surface area contributed by atoms with Crippen LogP contribution in [0.5, 0.6) is 0 Å². The lowest BCUT2D eigenvalue weighted by Crippen LogP contribution is -2.50. The molecule has 4 heterocycles. The minimum absolute atomic E-state index is 0.00707. The average molecular weight is 358 g/mol. The molecule has 0 aliphatic carbocycles. The highest BCUT2D eigenvalue weighted by atomic mass is 32.1. The zero-order valence-electron chi connectivity index (χ0n) is 14.1. The predicted molar refractivity (Wildman–Crippen MR) is 96.8 cm³/mol. The van der Waals surface area contributed by atoms with E-state index in [1.807, 2.05) is 28.6 Å². The molecule has 0 saturated carbocycles. The van der Waals surface area contributed by atoms with Gasteiger partial charge in [-0.15, -0.1) is 11.3 Å². The lowest BCUT2D eigenvalue weighted by atomic mass is 9.86. The molecule has 2 atom stereocenters. The molecule has 1 spiro atoms. The van der Waals surface area contributed by atoms with E-state index in [1.54, 1.807) is 23.6 Å². The fraction of sp³-hybridized carbons (Fsp3) is 0.500. The summed E-state index contributed by atoms with van der Waals surface area (Å²) in [6, 6.07) is 5.46. The number of amides is 1. The van der Waals surface area contributed by atoms with Crippen molar-refractivity contribution in [2.24, 2.45) is 5.92 Å². The van der Waals surface area contributed by atoms with Crippen LogP contribution in [0.2, 0.25) is 0 Å². The maximum absolute atomic E-state index is 12.7. The minimum Gasteiger partial charge on any atom is -0.373 e. The SMILES string of the molecule is O=C(c1ccccn1)N1CCCC2(CC(CNc3nccs3)CO2)C1. The third-order valence-corrected chi connectivity index (χ3v) is 5.70. The summed E-state index contributed by atoms with van der Waals surface area (Å²) < 4.78 is 6.21. The molecule has 6 nitrogen and oxygen atoms in total. The van der Waals surface area contributed by atoms with Crippen LogP contribution in [-0.2, 0) is 4.74 Å². The Morgan fingerprint density at radius 1 is 1.40 bits per heavy atom. The van der Waals surface area contributed by atoms with Crippen LogP contribution in [0, 0.1) is 5.92 Å². The summed E-state index contributed by atoms with van der Waals surface area (Å²) in [7, 11) is 0. The number of nitrogens with zero attached hydrogens (tertiary/aromatic N) is 3. The van der Waals surface area contributed by atoms with Crippen LogP contribution in [0.25, 0.3) is 0 Å². The lowest BCUT2D eigenvalue weighted by molar-refractivity contribution is -0.0450. The molecule has 2 saturated heterocycles. The van der Waals surface area contributed by atoms with Gasteiger partial charge in [-0.3, -0.25) is 9.78 Å². The van der Waals surface area contributed by atoms with Crippen LogP contribution >= 0.6 is 11.3 Å². The third-order valence-electron chi connectivity index (χ3n) is 4.97. The van der Waals surface area contributed by atoms with E-state index < -0.39 is 0 Å². The van der Waals surface area contributed by atoms with E-state index in [4.69, 9.17) is 4.74 Å². The quantitative estimate of drug-likeness (QED) is 0.910. The number of nitrogens with one attached hydrogen (secondary N) is 1. The van der Waals surface area contributed by atoms with Crippen molar-refractivity contribution in [3.05, 3.63) is 41.7 Å². The number of ether oxygens (including phenoxy) is 1. The number of thiazole rings is 1. The number of hydrogen-bond acceptors (Lipinski definition) is 6. The van der Waals surface area contributed by atoms with Gasteiger partial charge in [0.15, 0.2) is 5.13 Å². The second-order valence-corrected chi connectivity index (χ2v) is 7.72. The fourth-order valence-electron chi connectivity index (χ4n) is 3.82. The largest absolute Gasteiger partial charge is 0.373 e. The molecule has 0 aromatic carbocycles. The van der Waals surface area contributed by atoms with Gasteiger partial charge in [0.25, 0.3) is 5.91 Å². The van der Waals surface area contributed by atoms with E-state index in [-0.39, 0.29) is 11.5 Å². The molecule has 4 rings (SSSR count). The van der Waals surface area contributed by atoms with Crippen molar-refractivity contribution >= 4 is 22.4 Å². The van der Waals surface area contributed by atoms with Crippen molar-refractivity contribution in [2.45, 2.75) is 24.9 Å². The Morgan fingerprint density at radius 3 is 3.16 bits per heavy atom. The number of rotatable bonds is 4. The molecule has 7 heteroatoms. The zero-order chi connectivity index (χ0) is 17.1. The maximum atomic E-state index is 12.7. The van der Waals surface area contributed by atoms with Crippen molar-refractivity contribution in [2.75, 3.05) is 31.6 Å². The van der Waals surface area contributed by atoms with Crippen molar-refractivity contribution in [3.63, 3.8) is 0 Å². The highest BCUT2D eigenvalue weighted by Gasteiger charge is 2.44. The molecule has 2 unspecified atom stereocenters. The maximum Gasteiger partial charge on any atom is 0.272 e. The molecule has 2 fully saturated rings. The molecule has 25 heavy (non-hydrogen) atoms. The molecule has 2 aromatic rings. The van der Waals surface area contributed by atoms with Crippen LogP contribution in [0.1, 0.15) is 29.8 Å². The molecular weight excluding hydrogens is 336 g/mol. The summed E-state index contributed by atoms with van der Waals surface area (Å²) in [6.45, 7) is 3.05. The standard InChI is InChI=1S/C18H22N4O2S/c23-16(15-4-1-2-6-19-15)22-8-3-5-18(13-22)10-14(12-24-18)11-21-17-20-7-9-25-17/h1-2,4,6-7,9,14H,3,5,8,10-13H2,(H,20,21). The predicted octanol–water partition coefficient (Wildman–Crippen LogP) is 2.66. The molecule has 0 bridgehead atoms. The van der Waals surface area contributed by atoms with Gasteiger partial charge < -0.3 is 15.0 Å². The molecule has 2 aromatic heterocycles. The topological polar surface area (TPSA) is 67.4 Å². The molecule has 2 aliphatic rings. The molecular formula is C18H22N4O2S. The first-order valence-electron chi connectivity index (χ1n) is 8.72. The summed E-state index contributed by atoms with van der Waals surface area (Å²) >= 11 is 1.61. The Labute approximate surface area is 151 Å². The summed E-state index contributed by atoms with van der Waals surface area (Å²) in [5.41, 5.74) is 0.317. The van der Waals surface area contributed by atoms with Crippen molar-refractivity contribution < 1.29 is 9.53 Å². The Hall–Kier alpha value is -1.99. The number of carbonyl (C=O) groups excluding carboxylic acids is 1. The number of carbonyl (C=O) groups is 1. The van der Waals surface area contributed by atoms with Crippen LogP contribution in [0.15, 0.2) is 36.0 Å². The van der Waals surface area contributed by atoms with E-state index in [9.17, 15) is 4.79 Å². The Kier molecular flexibility index (Phi) is 4.67. The van der Waals surface area contributed by atoms with E-state index in [2.05, 4.69) is 15.3 Å². The number of hydrogen-bond donors (Lipinski definition) is 1. The second kappa shape index (κ2) is 7.09. The first-order chi connectivity index (χ1) is 12.2. The van der Waals surface area contributed by atoms with Gasteiger partial charge in [0.05, 0.1) is 18.8 Å². The van der Waals surface area contributed by atoms with E-state index in [1.165, 1.54) is 0 Å². The van der Waals surface area contributed by atoms with Gasteiger partial charge >= 0.3 is 0 Å². The second-order valence-electron chi connectivity index (χ2n) is 6.83. The molecule has 0 radical (unpaired) electrons. The van der Waals surface area contributed by atoms with Crippen molar-refractivity contribution in [1.29, 1.82) is 0 Å². The normalized spacial score (nSPS) is 26.1. The lowest BCUT2D eigenvalue weighted by Gasteiger charge is -2.39. The van der Waals surface area contributed by atoms with Gasteiger partial charge in [-0.05, 0) is 31.4 Å². The fourth-order valence-corrected chi connectivity index (χ4v) is 4.36. The van der Waals surface area contributed by atoms with Gasteiger partial charge in [0.2, 0.25) is 0 Å². The molecule has 132 valence electrons. The smallest absolute Gasteiger partial charge is 0.272 e. The highest BCUT2D eigenvalue weighted by molar-refractivity contribution is 7.13. The molecule has 1 N–H and O–H groups in total. The Balaban J connectivity index is 1.37. The summed E-state index contributed by atoms with van der Waals surface area (Å²) in [5.74, 6) is 0.460. The number of anilines is 1. The minimum atomic E-state index is -0.197. The summed E-state index contributed by atoms with van der Waals surface area (Å²) in [6.07, 6.45) is 6.45. The first-order valence-corrected chi connectivity index (χ1v) is 9.60. The average Bonchev–Trinajstić information content (AvgIpc) is 3.30. The van der Waals surface area contributed by atoms with Crippen molar-refractivity contribution in [3.8, 4) is 0 Å². The monoisotopic (exact) mass is 358 g/mol. The third kappa shape index (κ3) is 3.67. The van der Waals surface area contributed by atoms with Gasteiger partial charge in [-0.1, -0.05) is 6.07 Å². The van der Waals surface area contributed by atoms with Crippen LogP contribution < -0.4 is 5.32 Å². The van der Waals surface area contributed by atoms with Gasteiger partial charge in [0, 0.05) is 36.8 Å². The van der Waals surface area contributed by atoms with Gasteiger partial charge in [-0.25, -0.2) is 4.98 Å². The van der Waals surface area contributed by atoms with Crippen LogP contribution in [-0.4, -0.2) is 52.6 Å². The van der Waals surface area contributed by atoms with Gasteiger partial charge in [-0.2, -0.15) is 0 Å². The van der Waals surface area contributed by atoms with Crippen molar-refractivity contribution in [1.82, 2.24) is 14.9 Å². The summed E-state index contributed by atoms with van der Waals surface area (Å²) in [5, 5.41) is 6.31. The zero-order valence-corrected chi connectivity index (χ0v) is 14.9. The number of likely N-dealkylation sites (tertiary alicyclic amines) is 1. The summed E-state index contributed by atoms with van der Waals surface area (Å²) in [4.78, 5) is 23.0. The molecule has 2 aliphatic heterocycles. The van der Waals surface area contributed by atoms with E-state index in [0.29, 0.717) is 18.2 Å². The van der Waals surface area contributed by atoms with Crippen LogP contribution in [0.3, 0.4) is 0 Å². The molecule has 1 amide bonds. The highest BCUT2D eigenvalue weighted by Crippen LogP contribution is 2.37. The Morgan fingerprint density at radius 2 is 2.36 bits per heavy atom. The van der Waals surface area contributed by atoms with E-state index in [0.717, 1.165) is 44.1 Å². The number of aromatic nitrogens is 2. The van der Waals surface area contributed by atoms with E-state index >= 15 is 0 Å². The number of pyridine rings is 1.